The highest BCUT2D eigenvalue weighted by molar-refractivity contribution is 5.92. The van der Waals surface area contributed by atoms with Crippen LogP contribution in [-0.4, -0.2) is 10.9 Å². The van der Waals surface area contributed by atoms with Crippen LogP contribution in [0.4, 0.5) is 11.4 Å². The van der Waals surface area contributed by atoms with Crippen molar-refractivity contribution in [2.75, 3.05) is 11.1 Å². The lowest BCUT2D eigenvalue weighted by Crippen LogP contribution is -2.15. The first-order valence-electron chi connectivity index (χ1n) is 5.71. The number of hydrogen-bond acceptors (Lipinski definition) is 3. The Labute approximate surface area is 106 Å². The molecule has 0 fully saturated rings. The second kappa shape index (κ2) is 5.31. The molecular weight excluding hydrogens is 226 g/mol. The van der Waals surface area contributed by atoms with Crippen molar-refractivity contribution in [3.63, 3.8) is 0 Å². The van der Waals surface area contributed by atoms with Gasteiger partial charge in [-0.3, -0.25) is 9.78 Å². The smallest absolute Gasteiger partial charge is 0.230 e. The Bertz CT molecular complexity index is 566. The lowest BCUT2D eigenvalue weighted by atomic mass is 10.1. The van der Waals surface area contributed by atoms with E-state index >= 15 is 0 Å². The number of nitrogens with zero attached hydrogens (tertiary/aromatic N) is 1. The molecule has 0 saturated heterocycles. The number of rotatable bonds is 3. The van der Waals surface area contributed by atoms with Crippen LogP contribution in [0.5, 0.6) is 0 Å². The molecule has 0 aliphatic heterocycles. The minimum atomic E-state index is -0.0950. The van der Waals surface area contributed by atoms with Crippen LogP contribution in [0.1, 0.15) is 11.3 Å². The molecule has 0 aliphatic rings. The van der Waals surface area contributed by atoms with E-state index in [9.17, 15) is 4.79 Å². The summed E-state index contributed by atoms with van der Waals surface area (Å²) in [7, 11) is 0. The van der Waals surface area contributed by atoms with Gasteiger partial charge < -0.3 is 11.1 Å². The van der Waals surface area contributed by atoms with Crippen LogP contribution >= 0.6 is 0 Å². The Morgan fingerprint density at radius 1 is 1.33 bits per heavy atom. The van der Waals surface area contributed by atoms with E-state index in [0.29, 0.717) is 11.4 Å². The van der Waals surface area contributed by atoms with E-state index in [1.54, 1.807) is 30.5 Å². The lowest BCUT2D eigenvalue weighted by molar-refractivity contribution is -0.115. The minimum Gasteiger partial charge on any atom is -0.399 e. The maximum Gasteiger partial charge on any atom is 0.230 e. The zero-order chi connectivity index (χ0) is 13.0. The van der Waals surface area contributed by atoms with Crippen molar-refractivity contribution in [1.29, 1.82) is 0 Å². The van der Waals surface area contributed by atoms with Crippen LogP contribution in [0.2, 0.25) is 0 Å². The summed E-state index contributed by atoms with van der Waals surface area (Å²) in [5.74, 6) is -0.0950. The highest BCUT2D eigenvalue weighted by atomic mass is 16.1. The molecule has 0 aliphatic carbocycles. The van der Waals surface area contributed by atoms with Gasteiger partial charge in [0.25, 0.3) is 0 Å². The average molecular weight is 241 g/mol. The highest BCUT2D eigenvalue weighted by Crippen LogP contribution is 2.12. The molecule has 4 nitrogen and oxygen atoms in total. The first-order chi connectivity index (χ1) is 8.65. The number of benzene rings is 1. The number of aryl methyl sites for hydroxylation is 1. The van der Waals surface area contributed by atoms with Crippen molar-refractivity contribution in [3.8, 4) is 0 Å². The van der Waals surface area contributed by atoms with E-state index in [2.05, 4.69) is 10.3 Å². The molecule has 0 unspecified atom stereocenters. The van der Waals surface area contributed by atoms with Gasteiger partial charge in [0.15, 0.2) is 0 Å². The summed E-state index contributed by atoms with van der Waals surface area (Å²) >= 11 is 0. The van der Waals surface area contributed by atoms with Crippen molar-refractivity contribution in [2.45, 2.75) is 13.3 Å². The fourth-order valence-corrected chi connectivity index (χ4v) is 1.68. The Morgan fingerprint density at radius 3 is 2.89 bits per heavy atom. The molecule has 0 saturated carbocycles. The molecule has 1 aromatic carbocycles. The molecule has 4 heteroatoms. The summed E-state index contributed by atoms with van der Waals surface area (Å²) in [6, 6.07) is 10.9. The fraction of sp³-hybridized carbons (Fsp3) is 0.143. The van der Waals surface area contributed by atoms with Gasteiger partial charge >= 0.3 is 0 Å². The molecule has 0 radical (unpaired) electrons. The van der Waals surface area contributed by atoms with E-state index in [1.807, 2.05) is 19.1 Å². The number of amides is 1. The lowest BCUT2D eigenvalue weighted by Gasteiger charge is -2.07. The van der Waals surface area contributed by atoms with Crippen molar-refractivity contribution < 1.29 is 4.79 Å². The van der Waals surface area contributed by atoms with Gasteiger partial charge in [-0.2, -0.15) is 0 Å². The number of carbonyl (C=O) groups is 1. The summed E-state index contributed by atoms with van der Waals surface area (Å²) in [6.07, 6.45) is 1.96. The zero-order valence-electron chi connectivity index (χ0n) is 10.2. The molecule has 92 valence electrons. The van der Waals surface area contributed by atoms with E-state index in [0.717, 1.165) is 11.3 Å². The maximum atomic E-state index is 11.9. The molecule has 2 aromatic rings. The van der Waals surface area contributed by atoms with Gasteiger partial charge in [-0.05, 0) is 36.8 Å². The molecular formula is C14H15N3O. The third kappa shape index (κ3) is 3.07. The van der Waals surface area contributed by atoms with Gasteiger partial charge in [0.2, 0.25) is 5.91 Å². The topological polar surface area (TPSA) is 68.0 Å². The van der Waals surface area contributed by atoms with Gasteiger partial charge in [-0.1, -0.05) is 12.1 Å². The summed E-state index contributed by atoms with van der Waals surface area (Å²) < 4.78 is 0. The number of nitrogen functional groups attached to an aromatic ring is 1. The molecule has 0 bridgehead atoms. The van der Waals surface area contributed by atoms with Crippen LogP contribution in [0.3, 0.4) is 0 Å². The van der Waals surface area contributed by atoms with Crippen molar-refractivity contribution in [1.82, 2.24) is 4.98 Å². The Morgan fingerprint density at radius 2 is 2.17 bits per heavy atom. The number of pyridine rings is 1. The van der Waals surface area contributed by atoms with E-state index < -0.39 is 0 Å². The largest absolute Gasteiger partial charge is 0.399 e. The third-order valence-corrected chi connectivity index (χ3v) is 2.62. The van der Waals surface area contributed by atoms with Crippen molar-refractivity contribution in [2.24, 2.45) is 0 Å². The standard InChI is InChI=1S/C14H15N3O/c1-10-4-3-7-16-13(10)9-14(18)17-12-6-2-5-11(15)8-12/h2-8H,9,15H2,1H3,(H,17,18). The first-order valence-corrected chi connectivity index (χ1v) is 5.71. The van der Waals surface area contributed by atoms with Gasteiger partial charge in [-0.25, -0.2) is 0 Å². The Balaban J connectivity index is 2.03. The second-order valence-corrected chi connectivity index (χ2v) is 4.12. The SMILES string of the molecule is Cc1cccnc1CC(=O)Nc1cccc(N)c1. The Hall–Kier alpha value is -2.36. The minimum absolute atomic E-state index is 0.0950. The number of hydrogen-bond donors (Lipinski definition) is 2. The number of carbonyl (C=O) groups excluding carboxylic acids is 1. The molecule has 18 heavy (non-hydrogen) atoms. The van der Waals surface area contributed by atoms with Crippen LogP contribution < -0.4 is 11.1 Å². The summed E-state index contributed by atoms with van der Waals surface area (Å²) in [5, 5.41) is 2.80. The molecule has 0 spiro atoms. The van der Waals surface area contributed by atoms with E-state index in [4.69, 9.17) is 5.73 Å². The first kappa shape index (κ1) is 12.1. The summed E-state index contributed by atoms with van der Waals surface area (Å²) in [6.45, 7) is 1.94. The van der Waals surface area contributed by atoms with E-state index in [1.165, 1.54) is 0 Å². The number of nitrogens with one attached hydrogen (secondary N) is 1. The van der Waals surface area contributed by atoms with E-state index in [-0.39, 0.29) is 12.3 Å². The van der Waals surface area contributed by atoms with Crippen molar-refractivity contribution in [3.05, 3.63) is 53.9 Å². The number of aromatic nitrogens is 1. The molecule has 0 atom stereocenters. The monoisotopic (exact) mass is 241 g/mol. The quantitative estimate of drug-likeness (QED) is 0.809. The normalized spacial score (nSPS) is 10.1. The third-order valence-electron chi connectivity index (χ3n) is 2.62. The highest BCUT2D eigenvalue weighted by Gasteiger charge is 2.07. The Kier molecular flexibility index (Phi) is 3.57. The number of anilines is 2. The van der Waals surface area contributed by atoms with Crippen LogP contribution in [0, 0.1) is 6.92 Å². The molecule has 1 aromatic heterocycles. The van der Waals surface area contributed by atoms with Crippen LogP contribution in [0.25, 0.3) is 0 Å². The fourth-order valence-electron chi connectivity index (χ4n) is 1.68. The second-order valence-electron chi connectivity index (χ2n) is 4.12. The molecule has 3 N–H and O–H groups in total. The van der Waals surface area contributed by atoms with Gasteiger partial charge in [0.05, 0.1) is 12.1 Å². The predicted molar refractivity (Wildman–Crippen MR) is 72.2 cm³/mol. The van der Waals surface area contributed by atoms with Crippen LogP contribution in [0.15, 0.2) is 42.6 Å². The number of nitrogens with two attached hydrogens (primary N) is 1. The van der Waals surface area contributed by atoms with Gasteiger partial charge in [-0.15, -0.1) is 0 Å². The predicted octanol–water partition coefficient (Wildman–Crippen LogP) is 2.15. The van der Waals surface area contributed by atoms with Crippen molar-refractivity contribution >= 4 is 17.3 Å². The van der Waals surface area contributed by atoms with Gasteiger partial charge in [0.1, 0.15) is 0 Å². The average Bonchev–Trinajstić information content (AvgIpc) is 2.32. The molecule has 2 rings (SSSR count). The van der Waals surface area contributed by atoms with Gasteiger partial charge in [0, 0.05) is 17.6 Å². The van der Waals surface area contributed by atoms with Crippen LogP contribution in [-0.2, 0) is 11.2 Å². The summed E-state index contributed by atoms with van der Waals surface area (Å²) in [5.41, 5.74) is 8.78. The maximum absolute atomic E-state index is 11.9. The summed E-state index contributed by atoms with van der Waals surface area (Å²) in [4.78, 5) is 16.0. The molecule has 1 amide bonds. The molecule has 1 heterocycles. The zero-order valence-corrected chi connectivity index (χ0v) is 10.2.